The van der Waals surface area contributed by atoms with Crippen LogP contribution in [0.25, 0.3) is 0 Å². The SMILES string of the molecule is CCCN1C(=O)[C@H](CCCCNC(=O)OCc2ccccc2)NC(=O)C12CCN(C=CCc1ccco1)CC2. The van der Waals surface area contributed by atoms with Gasteiger partial charge in [-0.3, -0.25) is 9.59 Å². The number of hydrogen-bond acceptors (Lipinski definition) is 6. The predicted octanol–water partition coefficient (Wildman–Crippen LogP) is 4.00. The summed E-state index contributed by atoms with van der Waals surface area (Å²) in [5.74, 6) is 0.881. The van der Waals surface area contributed by atoms with Crippen LogP contribution in [0.4, 0.5) is 4.79 Å². The smallest absolute Gasteiger partial charge is 0.407 e. The fourth-order valence-electron chi connectivity index (χ4n) is 5.34. The van der Waals surface area contributed by atoms with Crippen molar-refractivity contribution in [1.29, 1.82) is 0 Å². The largest absolute Gasteiger partial charge is 0.469 e. The number of piperidine rings is 1. The number of carbonyl (C=O) groups excluding carboxylic acids is 3. The van der Waals surface area contributed by atoms with Crippen molar-refractivity contribution in [2.45, 2.75) is 70.1 Å². The van der Waals surface area contributed by atoms with Gasteiger partial charge in [-0.1, -0.05) is 43.3 Å². The van der Waals surface area contributed by atoms with Crippen molar-refractivity contribution in [3.8, 4) is 0 Å². The molecule has 1 atom stereocenters. The molecule has 2 fully saturated rings. The van der Waals surface area contributed by atoms with Crippen LogP contribution < -0.4 is 10.6 Å². The average Bonchev–Trinajstić information content (AvgIpc) is 3.47. The molecular formula is C30H40N4O5. The predicted molar refractivity (Wildman–Crippen MR) is 148 cm³/mol. The summed E-state index contributed by atoms with van der Waals surface area (Å²) in [5.41, 5.74) is 0.153. The number of carbonyl (C=O) groups is 3. The zero-order valence-electron chi connectivity index (χ0n) is 22.8. The van der Waals surface area contributed by atoms with Gasteiger partial charge in [-0.05, 0) is 62.4 Å². The first-order valence-electron chi connectivity index (χ1n) is 14.0. The summed E-state index contributed by atoms with van der Waals surface area (Å²) >= 11 is 0. The summed E-state index contributed by atoms with van der Waals surface area (Å²) in [7, 11) is 0. The lowest BCUT2D eigenvalue weighted by molar-refractivity contribution is -0.161. The van der Waals surface area contributed by atoms with E-state index in [-0.39, 0.29) is 18.4 Å². The molecule has 1 aromatic heterocycles. The van der Waals surface area contributed by atoms with Gasteiger partial charge in [-0.2, -0.15) is 0 Å². The summed E-state index contributed by atoms with van der Waals surface area (Å²) in [6, 6.07) is 12.8. The highest BCUT2D eigenvalue weighted by molar-refractivity contribution is 6.00. The van der Waals surface area contributed by atoms with Gasteiger partial charge in [0.15, 0.2) is 0 Å². The Morgan fingerprint density at radius 3 is 2.67 bits per heavy atom. The molecular weight excluding hydrogens is 496 g/mol. The van der Waals surface area contributed by atoms with E-state index in [9.17, 15) is 14.4 Å². The second-order valence-electron chi connectivity index (χ2n) is 10.2. The minimum Gasteiger partial charge on any atom is -0.469 e. The highest BCUT2D eigenvalue weighted by Gasteiger charge is 2.52. The number of unbranched alkanes of at least 4 members (excludes halogenated alkanes) is 1. The van der Waals surface area contributed by atoms with E-state index < -0.39 is 17.7 Å². The molecule has 9 nitrogen and oxygen atoms in total. The van der Waals surface area contributed by atoms with Crippen molar-refractivity contribution in [2.75, 3.05) is 26.2 Å². The number of rotatable bonds is 12. The van der Waals surface area contributed by atoms with Crippen molar-refractivity contribution in [3.05, 3.63) is 72.3 Å². The summed E-state index contributed by atoms with van der Waals surface area (Å²) < 4.78 is 10.6. The lowest BCUT2D eigenvalue weighted by Crippen LogP contribution is -2.72. The fraction of sp³-hybridized carbons (Fsp3) is 0.500. The van der Waals surface area contributed by atoms with E-state index in [0.717, 1.165) is 24.2 Å². The Labute approximate surface area is 230 Å². The topological polar surface area (TPSA) is 104 Å². The zero-order valence-corrected chi connectivity index (χ0v) is 22.8. The first kappa shape index (κ1) is 28.3. The van der Waals surface area contributed by atoms with Gasteiger partial charge in [-0.25, -0.2) is 4.79 Å². The molecule has 1 aromatic carbocycles. The van der Waals surface area contributed by atoms with E-state index in [1.54, 1.807) is 6.26 Å². The van der Waals surface area contributed by atoms with Crippen molar-refractivity contribution in [3.63, 3.8) is 0 Å². The van der Waals surface area contributed by atoms with E-state index in [1.165, 1.54) is 0 Å². The number of hydrogen-bond donors (Lipinski definition) is 2. The van der Waals surface area contributed by atoms with Crippen molar-refractivity contribution in [1.82, 2.24) is 20.4 Å². The third-order valence-electron chi connectivity index (χ3n) is 7.50. The minimum absolute atomic E-state index is 0.00786. The fourth-order valence-corrected chi connectivity index (χ4v) is 5.34. The molecule has 2 aliphatic heterocycles. The first-order valence-corrected chi connectivity index (χ1v) is 14.0. The molecule has 0 saturated carbocycles. The summed E-state index contributed by atoms with van der Waals surface area (Å²) in [6.07, 6.45) is 10.0. The van der Waals surface area contributed by atoms with Crippen LogP contribution in [0, 0.1) is 0 Å². The molecule has 3 amide bonds. The quantitative estimate of drug-likeness (QED) is 0.398. The number of piperazine rings is 1. The van der Waals surface area contributed by atoms with E-state index in [2.05, 4.69) is 27.8 Å². The average molecular weight is 537 g/mol. The molecule has 4 rings (SSSR count). The maximum absolute atomic E-state index is 13.5. The Morgan fingerprint density at radius 1 is 1.15 bits per heavy atom. The van der Waals surface area contributed by atoms with Gasteiger partial charge in [0.2, 0.25) is 11.8 Å². The van der Waals surface area contributed by atoms with Gasteiger partial charge in [0.25, 0.3) is 0 Å². The molecule has 2 saturated heterocycles. The van der Waals surface area contributed by atoms with Crippen LogP contribution in [0.5, 0.6) is 0 Å². The Hall–Kier alpha value is -3.75. The number of alkyl carbamates (subject to hydrolysis) is 1. The molecule has 210 valence electrons. The van der Waals surface area contributed by atoms with Crippen LogP contribution in [0.2, 0.25) is 0 Å². The summed E-state index contributed by atoms with van der Waals surface area (Å²) in [4.78, 5) is 42.9. The molecule has 9 heteroatoms. The number of amides is 3. The van der Waals surface area contributed by atoms with E-state index in [1.807, 2.05) is 54.3 Å². The van der Waals surface area contributed by atoms with Crippen LogP contribution in [0.3, 0.4) is 0 Å². The lowest BCUT2D eigenvalue weighted by Gasteiger charge is -2.51. The monoisotopic (exact) mass is 536 g/mol. The lowest BCUT2D eigenvalue weighted by atomic mass is 9.81. The Bertz CT molecular complexity index is 1090. The molecule has 0 unspecified atom stereocenters. The van der Waals surface area contributed by atoms with Gasteiger partial charge in [-0.15, -0.1) is 0 Å². The van der Waals surface area contributed by atoms with Crippen LogP contribution in [0.15, 0.2) is 65.4 Å². The molecule has 3 heterocycles. The standard InChI is InChI=1S/C30H40N4O5/c1-2-18-34-27(35)26(14-6-7-17-31-29(37)39-23-24-10-4-3-5-11-24)32-28(36)30(34)15-20-33(21-16-30)19-8-12-25-13-9-22-38-25/h3-5,8-11,13,19,22,26H,2,6-7,12,14-18,20-21,23H2,1H3,(H,31,37)(H,32,36)/t26-/m0/s1. The summed E-state index contributed by atoms with van der Waals surface area (Å²) in [5, 5.41) is 5.79. The van der Waals surface area contributed by atoms with Gasteiger partial charge in [0.1, 0.15) is 23.9 Å². The van der Waals surface area contributed by atoms with E-state index in [4.69, 9.17) is 9.15 Å². The third kappa shape index (κ3) is 7.43. The van der Waals surface area contributed by atoms with Gasteiger partial charge >= 0.3 is 6.09 Å². The summed E-state index contributed by atoms with van der Waals surface area (Å²) in [6.45, 7) is 4.72. The normalized spacial score (nSPS) is 18.9. The van der Waals surface area contributed by atoms with E-state index >= 15 is 0 Å². The Morgan fingerprint density at radius 2 is 1.95 bits per heavy atom. The number of furan rings is 1. The number of likely N-dealkylation sites (tertiary alicyclic amines) is 1. The van der Waals surface area contributed by atoms with E-state index in [0.29, 0.717) is 58.3 Å². The first-order chi connectivity index (χ1) is 19.0. The Kier molecular flexibility index (Phi) is 10.1. The number of nitrogens with zero attached hydrogens (tertiary/aromatic N) is 2. The van der Waals surface area contributed by atoms with Crippen LogP contribution in [-0.4, -0.2) is 65.5 Å². The molecule has 1 spiro atoms. The van der Waals surface area contributed by atoms with Crippen molar-refractivity contribution < 1.29 is 23.5 Å². The second kappa shape index (κ2) is 13.9. The van der Waals surface area contributed by atoms with Crippen LogP contribution in [-0.2, 0) is 27.4 Å². The second-order valence-corrected chi connectivity index (χ2v) is 10.2. The highest BCUT2D eigenvalue weighted by Crippen LogP contribution is 2.34. The van der Waals surface area contributed by atoms with Crippen molar-refractivity contribution >= 4 is 17.9 Å². The number of ether oxygens (including phenoxy) is 1. The molecule has 0 bridgehead atoms. The maximum Gasteiger partial charge on any atom is 0.407 e. The molecule has 2 N–H and O–H groups in total. The highest BCUT2D eigenvalue weighted by atomic mass is 16.5. The maximum atomic E-state index is 13.5. The zero-order chi connectivity index (χ0) is 27.5. The van der Waals surface area contributed by atoms with Crippen LogP contribution in [0.1, 0.15) is 56.8 Å². The third-order valence-corrected chi connectivity index (χ3v) is 7.50. The number of nitrogens with one attached hydrogen (secondary N) is 2. The van der Waals surface area contributed by atoms with Gasteiger partial charge in [0.05, 0.1) is 6.26 Å². The van der Waals surface area contributed by atoms with Crippen molar-refractivity contribution in [2.24, 2.45) is 0 Å². The molecule has 39 heavy (non-hydrogen) atoms. The number of allylic oxidation sites excluding steroid dienone is 1. The molecule has 2 aliphatic rings. The molecule has 0 aliphatic carbocycles. The minimum atomic E-state index is -0.779. The van der Waals surface area contributed by atoms with Gasteiger partial charge in [0, 0.05) is 32.6 Å². The number of benzene rings is 1. The Balaban J connectivity index is 1.21. The van der Waals surface area contributed by atoms with Crippen LogP contribution >= 0.6 is 0 Å². The molecule has 2 aromatic rings. The van der Waals surface area contributed by atoms with Gasteiger partial charge < -0.3 is 29.6 Å². The molecule has 0 radical (unpaired) electrons.